The maximum Gasteiger partial charge on any atom is 0.126 e. The molecule has 2 unspecified atom stereocenters. The standard InChI is InChI=1S/C28H34N2O4/c1-17(2)24-10-20(11-25(18(3)4)28(24)34-16-23-15-33-23)26-12-27(30(5)29-26)19-6-8-21(9-7-19)31-13-22-14-32-22/h6-12,17-18,22-23H,13-16H2,1-5H3. The summed E-state index contributed by atoms with van der Waals surface area (Å²) in [7, 11) is 1.99. The quantitative estimate of drug-likeness (QED) is 0.369. The van der Waals surface area contributed by atoms with E-state index >= 15 is 0 Å². The Labute approximate surface area is 201 Å². The van der Waals surface area contributed by atoms with Crippen LogP contribution >= 0.6 is 0 Å². The number of hydrogen-bond donors (Lipinski definition) is 0. The predicted molar refractivity (Wildman–Crippen MR) is 133 cm³/mol. The summed E-state index contributed by atoms with van der Waals surface area (Å²) in [5, 5.41) is 4.87. The topological polar surface area (TPSA) is 61.3 Å². The van der Waals surface area contributed by atoms with Crippen LogP contribution in [0.15, 0.2) is 42.5 Å². The minimum absolute atomic E-state index is 0.233. The Kier molecular flexibility index (Phi) is 6.36. The molecule has 0 amide bonds. The normalized spacial score (nSPS) is 19.0. The average Bonchev–Trinajstić information content (AvgIpc) is 3.75. The van der Waals surface area contributed by atoms with Crippen molar-refractivity contribution in [1.82, 2.24) is 9.78 Å². The van der Waals surface area contributed by atoms with Crippen molar-refractivity contribution in [2.75, 3.05) is 26.4 Å². The smallest absolute Gasteiger partial charge is 0.126 e. The molecule has 6 nitrogen and oxygen atoms in total. The third-order valence-electron chi connectivity index (χ3n) is 6.37. The van der Waals surface area contributed by atoms with Crippen LogP contribution in [0.5, 0.6) is 11.5 Å². The van der Waals surface area contributed by atoms with Gasteiger partial charge >= 0.3 is 0 Å². The monoisotopic (exact) mass is 462 g/mol. The Balaban J connectivity index is 1.44. The zero-order valence-corrected chi connectivity index (χ0v) is 20.7. The van der Waals surface area contributed by atoms with Gasteiger partial charge in [0, 0.05) is 18.2 Å². The SMILES string of the molecule is CC(C)c1cc(-c2cc(-c3ccc(OCC4CO4)cc3)n(C)n2)cc(C(C)C)c1OCC1CO1. The molecule has 0 N–H and O–H groups in total. The highest BCUT2D eigenvalue weighted by Gasteiger charge is 2.26. The summed E-state index contributed by atoms with van der Waals surface area (Å²) in [5.74, 6) is 2.54. The molecule has 3 heterocycles. The summed E-state index contributed by atoms with van der Waals surface area (Å²) in [5.41, 5.74) is 6.69. The van der Waals surface area contributed by atoms with E-state index in [1.54, 1.807) is 0 Å². The number of hydrogen-bond acceptors (Lipinski definition) is 5. The van der Waals surface area contributed by atoms with Gasteiger partial charge in [-0.1, -0.05) is 27.7 Å². The molecule has 0 aliphatic carbocycles. The van der Waals surface area contributed by atoms with Crippen molar-refractivity contribution in [3.8, 4) is 34.0 Å². The summed E-state index contributed by atoms with van der Waals surface area (Å²) in [6, 6.07) is 14.8. The van der Waals surface area contributed by atoms with E-state index < -0.39 is 0 Å². The summed E-state index contributed by atoms with van der Waals surface area (Å²) in [4.78, 5) is 0. The molecule has 5 rings (SSSR count). The van der Waals surface area contributed by atoms with Crippen LogP contribution in [0.2, 0.25) is 0 Å². The van der Waals surface area contributed by atoms with Crippen molar-refractivity contribution in [3.05, 3.63) is 53.6 Å². The molecular weight excluding hydrogens is 428 g/mol. The molecule has 2 saturated heterocycles. The van der Waals surface area contributed by atoms with Crippen molar-refractivity contribution in [2.24, 2.45) is 7.05 Å². The highest BCUT2D eigenvalue weighted by atomic mass is 16.6. The Morgan fingerprint density at radius 3 is 1.94 bits per heavy atom. The lowest BCUT2D eigenvalue weighted by Gasteiger charge is -2.21. The molecule has 2 aromatic carbocycles. The Morgan fingerprint density at radius 1 is 0.853 bits per heavy atom. The van der Waals surface area contributed by atoms with Gasteiger partial charge in [-0.3, -0.25) is 4.68 Å². The molecule has 2 fully saturated rings. The second kappa shape index (κ2) is 9.43. The summed E-state index contributed by atoms with van der Waals surface area (Å²) in [6.45, 7) is 11.7. The molecule has 0 bridgehead atoms. The largest absolute Gasteiger partial charge is 0.491 e. The lowest BCUT2D eigenvalue weighted by molar-refractivity contribution is 0.258. The van der Waals surface area contributed by atoms with Crippen LogP contribution in [0.1, 0.15) is 50.7 Å². The zero-order valence-electron chi connectivity index (χ0n) is 20.7. The first kappa shape index (κ1) is 22.9. The van der Waals surface area contributed by atoms with Crippen LogP contribution in [-0.4, -0.2) is 48.4 Å². The third-order valence-corrected chi connectivity index (χ3v) is 6.37. The van der Waals surface area contributed by atoms with Crippen molar-refractivity contribution in [1.29, 1.82) is 0 Å². The van der Waals surface area contributed by atoms with E-state index in [0.717, 1.165) is 47.2 Å². The maximum atomic E-state index is 6.28. The third kappa shape index (κ3) is 5.13. The molecule has 2 atom stereocenters. The average molecular weight is 463 g/mol. The van der Waals surface area contributed by atoms with Gasteiger partial charge in [0.1, 0.15) is 36.9 Å². The Hall–Kier alpha value is -2.83. The van der Waals surface area contributed by atoms with Gasteiger partial charge < -0.3 is 18.9 Å². The van der Waals surface area contributed by atoms with Gasteiger partial charge in [-0.15, -0.1) is 0 Å². The van der Waals surface area contributed by atoms with E-state index in [4.69, 9.17) is 24.0 Å². The molecule has 2 aliphatic rings. The molecule has 34 heavy (non-hydrogen) atoms. The summed E-state index contributed by atoms with van der Waals surface area (Å²) >= 11 is 0. The fourth-order valence-corrected chi connectivity index (χ4v) is 4.14. The van der Waals surface area contributed by atoms with Gasteiger partial charge in [-0.25, -0.2) is 0 Å². The lowest BCUT2D eigenvalue weighted by atomic mass is 9.90. The maximum absolute atomic E-state index is 6.28. The van der Waals surface area contributed by atoms with E-state index in [1.165, 1.54) is 11.1 Å². The molecule has 0 saturated carbocycles. The van der Waals surface area contributed by atoms with Gasteiger partial charge in [0.05, 0.1) is 24.6 Å². The van der Waals surface area contributed by atoms with Gasteiger partial charge in [0.25, 0.3) is 0 Å². The number of epoxide rings is 2. The highest BCUT2D eigenvalue weighted by Crippen LogP contribution is 2.39. The van der Waals surface area contributed by atoms with Gasteiger partial charge in [-0.05, 0) is 65.4 Å². The number of rotatable bonds is 10. The molecule has 6 heteroatoms. The first-order valence-electron chi connectivity index (χ1n) is 12.2. The van der Waals surface area contributed by atoms with Crippen LogP contribution in [-0.2, 0) is 16.5 Å². The first-order chi connectivity index (χ1) is 16.4. The van der Waals surface area contributed by atoms with E-state index in [0.29, 0.717) is 25.0 Å². The van der Waals surface area contributed by atoms with Crippen LogP contribution in [0.3, 0.4) is 0 Å². The van der Waals surface area contributed by atoms with Crippen molar-refractivity contribution >= 4 is 0 Å². The van der Waals surface area contributed by atoms with Crippen molar-refractivity contribution in [2.45, 2.75) is 51.7 Å². The molecule has 0 spiro atoms. The summed E-state index contributed by atoms with van der Waals surface area (Å²) in [6.07, 6.45) is 0.487. The molecule has 3 aromatic rings. The Bertz CT molecular complexity index is 1110. The molecule has 1 aromatic heterocycles. The van der Waals surface area contributed by atoms with E-state index in [2.05, 4.69) is 58.0 Å². The minimum atomic E-state index is 0.233. The molecule has 0 radical (unpaired) electrons. The number of aromatic nitrogens is 2. The van der Waals surface area contributed by atoms with E-state index in [9.17, 15) is 0 Å². The van der Waals surface area contributed by atoms with Crippen molar-refractivity contribution < 1.29 is 18.9 Å². The number of nitrogens with zero attached hydrogens (tertiary/aromatic N) is 2. The second-order valence-corrected chi connectivity index (χ2v) is 9.89. The number of benzene rings is 2. The highest BCUT2D eigenvalue weighted by molar-refractivity contribution is 5.71. The van der Waals surface area contributed by atoms with Crippen LogP contribution in [0.4, 0.5) is 0 Å². The summed E-state index contributed by atoms with van der Waals surface area (Å²) < 4.78 is 24.6. The molecule has 2 aliphatic heterocycles. The van der Waals surface area contributed by atoms with Crippen molar-refractivity contribution in [3.63, 3.8) is 0 Å². The van der Waals surface area contributed by atoms with E-state index in [-0.39, 0.29) is 12.2 Å². The fraction of sp³-hybridized carbons (Fsp3) is 0.464. The first-order valence-corrected chi connectivity index (χ1v) is 12.2. The Morgan fingerprint density at radius 2 is 1.41 bits per heavy atom. The predicted octanol–water partition coefficient (Wildman–Crippen LogP) is 5.56. The lowest BCUT2D eigenvalue weighted by Crippen LogP contribution is -2.10. The van der Waals surface area contributed by atoms with Crippen LogP contribution in [0.25, 0.3) is 22.5 Å². The van der Waals surface area contributed by atoms with Crippen LogP contribution < -0.4 is 9.47 Å². The number of aryl methyl sites for hydroxylation is 1. The molecular formula is C28H34N2O4. The second-order valence-electron chi connectivity index (χ2n) is 9.89. The minimum Gasteiger partial charge on any atom is -0.491 e. The number of ether oxygens (including phenoxy) is 4. The van der Waals surface area contributed by atoms with Gasteiger partial charge in [0.15, 0.2) is 0 Å². The van der Waals surface area contributed by atoms with E-state index in [1.807, 2.05) is 23.9 Å². The van der Waals surface area contributed by atoms with Gasteiger partial charge in [-0.2, -0.15) is 5.10 Å². The van der Waals surface area contributed by atoms with Crippen LogP contribution in [0, 0.1) is 0 Å². The van der Waals surface area contributed by atoms with Gasteiger partial charge in [0.2, 0.25) is 0 Å². The zero-order chi connectivity index (χ0) is 23.8. The fourth-order valence-electron chi connectivity index (χ4n) is 4.14. The molecule has 180 valence electrons.